The number of hydrogen-bond acceptors (Lipinski definition) is 0. The first-order chi connectivity index (χ1) is 8.90. The summed E-state index contributed by atoms with van der Waals surface area (Å²) in [6.45, 7) is 2.28. The molecule has 1 heteroatoms. The normalized spacial score (nSPS) is 14.3. The van der Waals surface area contributed by atoms with Gasteiger partial charge >= 0.3 is 0 Å². The van der Waals surface area contributed by atoms with Gasteiger partial charge in [0.15, 0.2) is 0 Å². The van der Waals surface area contributed by atoms with Crippen LogP contribution in [0.3, 0.4) is 0 Å². The molecule has 0 saturated heterocycles. The van der Waals surface area contributed by atoms with Crippen molar-refractivity contribution in [2.45, 2.75) is 58.3 Å². The molecule has 18 heavy (non-hydrogen) atoms. The van der Waals surface area contributed by atoms with Crippen molar-refractivity contribution in [1.82, 2.24) is 4.98 Å². The van der Waals surface area contributed by atoms with E-state index in [1.807, 2.05) is 0 Å². The second-order valence-corrected chi connectivity index (χ2v) is 5.59. The molecule has 1 N–H and O–H groups in total. The molecule has 1 aromatic heterocycles. The zero-order valence-corrected chi connectivity index (χ0v) is 11.4. The van der Waals surface area contributed by atoms with Crippen molar-refractivity contribution in [1.29, 1.82) is 0 Å². The van der Waals surface area contributed by atoms with Crippen LogP contribution in [0.25, 0.3) is 10.9 Å². The van der Waals surface area contributed by atoms with Crippen LogP contribution in [-0.4, -0.2) is 4.98 Å². The number of aromatic nitrogens is 1. The van der Waals surface area contributed by atoms with Gasteiger partial charge in [-0.3, -0.25) is 0 Å². The van der Waals surface area contributed by atoms with E-state index in [1.165, 1.54) is 62.6 Å². The lowest BCUT2D eigenvalue weighted by molar-refractivity contribution is 0.668. The van der Waals surface area contributed by atoms with Crippen molar-refractivity contribution in [2.75, 3.05) is 0 Å². The zero-order valence-electron chi connectivity index (χ0n) is 11.4. The summed E-state index contributed by atoms with van der Waals surface area (Å²) in [6, 6.07) is 6.78. The third-order valence-corrected chi connectivity index (χ3v) is 4.26. The van der Waals surface area contributed by atoms with E-state index in [4.69, 9.17) is 0 Å². The van der Waals surface area contributed by atoms with Gasteiger partial charge in [-0.2, -0.15) is 0 Å². The minimum Gasteiger partial charge on any atom is -0.358 e. The molecule has 0 atom stereocenters. The SMILES string of the molecule is CCCCCCc1cccc2[nH]c3c(c12)CCC3. The number of rotatable bonds is 5. The minimum atomic E-state index is 1.25. The summed E-state index contributed by atoms with van der Waals surface area (Å²) in [6.07, 6.45) is 10.5. The maximum atomic E-state index is 3.62. The third-order valence-electron chi connectivity index (χ3n) is 4.26. The second-order valence-electron chi connectivity index (χ2n) is 5.59. The molecular weight excluding hydrogens is 218 g/mol. The molecule has 0 unspecified atom stereocenters. The predicted molar refractivity (Wildman–Crippen MR) is 78.2 cm³/mol. The number of aryl methyl sites for hydroxylation is 3. The highest BCUT2D eigenvalue weighted by Gasteiger charge is 2.18. The number of hydrogen-bond donors (Lipinski definition) is 1. The lowest BCUT2D eigenvalue weighted by Crippen LogP contribution is -1.89. The van der Waals surface area contributed by atoms with Gasteiger partial charge in [-0.15, -0.1) is 0 Å². The van der Waals surface area contributed by atoms with Crippen molar-refractivity contribution in [3.05, 3.63) is 35.0 Å². The van der Waals surface area contributed by atoms with Crippen molar-refractivity contribution in [2.24, 2.45) is 0 Å². The van der Waals surface area contributed by atoms with Crippen LogP contribution in [0.2, 0.25) is 0 Å². The molecule has 96 valence electrons. The third kappa shape index (κ3) is 2.07. The molecule has 0 saturated carbocycles. The molecule has 1 nitrogen and oxygen atoms in total. The zero-order chi connectivity index (χ0) is 12.4. The number of unbranched alkanes of at least 4 members (excludes halogenated alkanes) is 3. The smallest absolute Gasteiger partial charge is 0.0461 e. The summed E-state index contributed by atoms with van der Waals surface area (Å²) < 4.78 is 0. The van der Waals surface area contributed by atoms with E-state index in [2.05, 4.69) is 30.1 Å². The second kappa shape index (κ2) is 5.17. The molecule has 1 aromatic carbocycles. The maximum absolute atomic E-state index is 3.62. The average Bonchev–Trinajstić information content (AvgIpc) is 2.94. The Labute approximate surface area is 110 Å². The highest BCUT2D eigenvalue weighted by atomic mass is 14.7. The number of fused-ring (bicyclic) bond motifs is 3. The number of aromatic amines is 1. The Morgan fingerprint density at radius 2 is 2.06 bits per heavy atom. The van der Waals surface area contributed by atoms with Gasteiger partial charge in [-0.1, -0.05) is 38.3 Å². The van der Waals surface area contributed by atoms with Crippen LogP contribution in [0.5, 0.6) is 0 Å². The van der Waals surface area contributed by atoms with E-state index >= 15 is 0 Å². The molecule has 1 aliphatic carbocycles. The number of H-pyrrole nitrogens is 1. The molecule has 1 heterocycles. The molecule has 1 aliphatic rings. The molecular formula is C17H23N. The van der Waals surface area contributed by atoms with Gasteiger partial charge in [0, 0.05) is 16.6 Å². The average molecular weight is 241 g/mol. The first kappa shape index (κ1) is 11.8. The van der Waals surface area contributed by atoms with Crippen LogP contribution >= 0.6 is 0 Å². The largest absolute Gasteiger partial charge is 0.358 e. The molecule has 0 aliphatic heterocycles. The highest BCUT2D eigenvalue weighted by molar-refractivity contribution is 5.88. The summed E-state index contributed by atoms with van der Waals surface area (Å²) >= 11 is 0. The predicted octanol–water partition coefficient (Wildman–Crippen LogP) is 4.78. The molecule has 0 amide bonds. The number of benzene rings is 1. The van der Waals surface area contributed by atoms with Crippen molar-refractivity contribution >= 4 is 10.9 Å². The van der Waals surface area contributed by atoms with Crippen LogP contribution in [-0.2, 0) is 19.3 Å². The van der Waals surface area contributed by atoms with Gasteiger partial charge in [-0.25, -0.2) is 0 Å². The van der Waals surface area contributed by atoms with Gasteiger partial charge < -0.3 is 4.98 Å². The molecule has 3 rings (SSSR count). The molecule has 0 radical (unpaired) electrons. The first-order valence-electron chi connectivity index (χ1n) is 7.51. The molecule has 2 aromatic rings. The standard InChI is InChI=1S/C17H23N/c1-2-3-4-5-8-13-9-6-12-16-17(13)14-10-7-11-15(14)18-16/h6,9,12,18H,2-5,7-8,10-11H2,1H3. The number of nitrogens with one attached hydrogen (secondary N) is 1. The van der Waals surface area contributed by atoms with Crippen molar-refractivity contribution in [3.63, 3.8) is 0 Å². The summed E-state index contributed by atoms with van der Waals surface area (Å²) in [5.74, 6) is 0. The Morgan fingerprint density at radius 1 is 1.11 bits per heavy atom. The highest BCUT2D eigenvalue weighted by Crippen LogP contribution is 2.32. The quantitative estimate of drug-likeness (QED) is 0.725. The Balaban J connectivity index is 1.87. The molecule has 0 spiro atoms. The summed E-state index contributed by atoms with van der Waals surface area (Å²) in [7, 11) is 0. The first-order valence-corrected chi connectivity index (χ1v) is 7.51. The molecule has 0 fully saturated rings. The van der Waals surface area contributed by atoms with Gasteiger partial charge in [0.2, 0.25) is 0 Å². The van der Waals surface area contributed by atoms with Crippen LogP contribution in [0.4, 0.5) is 0 Å². The monoisotopic (exact) mass is 241 g/mol. The summed E-state index contributed by atoms with van der Waals surface area (Å²) in [4.78, 5) is 3.62. The Hall–Kier alpha value is -1.24. The fourth-order valence-electron chi connectivity index (χ4n) is 3.33. The lowest BCUT2D eigenvalue weighted by atomic mass is 9.99. The van der Waals surface area contributed by atoms with E-state index < -0.39 is 0 Å². The van der Waals surface area contributed by atoms with Crippen molar-refractivity contribution < 1.29 is 0 Å². The van der Waals surface area contributed by atoms with E-state index in [0.717, 1.165) is 0 Å². The van der Waals surface area contributed by atoms with Gasteiger partial charge in [0.1, 0.15) is 0 Å². The van der Waals surface area contributed by atoms with Gasteiger partial charge in [0.05, 0.1) is 0 Å². The van der Waals surface area contributed by atoms with E-state index in [1.54, 1.807) is 16.5 Å². The maximum Gasteiger partial charge on any atom is 0.0461 e. The van der Waals surface area contributed by atoms with Crippen LogP contribution in [0.15, 0.2) is 18.2 Å². The molecule has 0 bridgehead atoms. The van der Waals surface area contributed by atoms with Gasteiger partial charge in [-0.05, 0) is 49.3 Å². The minimum absolute atomic E-state index is 1.25. The fraction of sp³-hybridized carbons (Fsp3) is 0.529. The van der Waals surface area contributed by atoms with Gasteiger partial charge in [0.25, 0.3) is 0 Å². The Kier molecular flexibility index (Phi) is 3.40. The Morgan fingerprint density at radius 3 is 2.94 bits per heavy atom. The van der Waals surface area contributed by atoms with E-state index in [9.17, 15) is 0 Å². The van der Waals surface area contributed by atoms with Crippen LogP contribution in [0, 0.1) is 0 Å². The fourth-order valence-corrected chi connectivity index (χ4v) is 3.33. The summed E-state index contributed by atoms with van der Waals surface area (Å²) in [5.41, 5.74) is 6.07. The topological polar surface area (TPSA) is 15.8 Å². The van der Waals surface area contributed by atoms with Crippen molar-refractivity contribution in [3.8, 4) is 0 Å². The van der Waals surface area contributed by atoms with E-state index in [-0.39, 0.29) is 0 Å². The summed E-state index contributed by atoms with van der Waals surface area (Å²) in [5, 5.41) is 1.56. The Bertz CT molecular complexity index is 536. The lowest BCUT2D eigenvalue weighted by Gasteiger charge is -2.05. The van der Waals surface area contributed by atoms with Crippen LogP contribution < -0.4 is 0 Å². The van der Waals surface area contributed by atoms with E-state index in [0.29, 0.717) is 0 Å². The van der Waals surface area contributed by atoms with Crippen LogP contribution in [0.1, 0.15) is 55.8 Å².